The Morgan fingerprint density at radius 3 is 2.54 bits per heavy atom. The van der Waals surface area contributed by atoms with Gasteiger partial charge in [-0.3, -0.25) is 14.9 Å². The summed E-state index contributed by atoms with van der Waals surface area (Å²) >= 11 is 9.36. The summed E-state index contributed by atoms with van der Waals surface area (Å²) in [6.45, 7) is 0.503. The van der Waals surface area contributed by atoms with Crippen LogP contribution < -0.4 is 24.4 Å². The summed E-state index contributed by atoms with van der Waals surface area (Å²) in [5.74, 6) is 0.436. The van der Waals surface area contributed by atoms with E-state index in [2.05, 4.69) is 21.2 Å². The average molecular weight is 556 g/mol. The van der Waals surface area contributed by atoms with Crippen molar-refractivity contribution in [1.29, 1.82) is 0 Å². The second-order valence-corrected chi connectivity index (χ2v) is 8.89. The molecule has 0 aliphatic carbocycles. The Labute approximate surface area is 213 Å². The number of nitrogens with zero attached hydrogens (tertiary/aromatic N) is 1. The molecule has 0 unspecified atom stereocenters. The number of urea groups is 1. The van der Waals surface area contributed by atoms with Crippen molar-refractivity contribution >= 4 is 57.1 Å². The standard InChI is InChI=1S/C25H16BrClN2O6/c26-19-10-14(1-7-20(19)33-12-15-2-8-21-22(11-15)35-13-34-21)9-18-23(30)28-25(32)29(24(18)31)17-5-3-16(27)4-6-17/h1-11H,12-13H2,(H,28,30,32)/b18-9+. The number of carbonyl (C=O) groups is 3. The number of carbonyl (C=O) groups excluding carboxylic acids is 3. The minimum Gasteiger partial charge on any atom is -0.488 e. The normalized spacial score (nSPS) is 16.0. The highest BCUT2D eigenvalue weighted by Gasteiger charge is 2.36. The Hall–Kier alpha value is -3.82. The smallest absolute Gasteiger partial charge is 0.335 e. The van der Waals surface area contributed by atoms with Crippen molar-refractivity contribution in [3.8, 4) is 17.2 Å². The Morgan fingerprint density at radius 1 is 1.00 bits per heavy atom. The summed E-state index contributed by atoms with van der Waals surface area (Å²) < 4.78 is 17.2. The van der Waals surface area contributed by atoms with Crippen molar-refractivity contribution in [1.82, 2.24) is 5.32 Å². The largest absolute Gasteiger partial charge is 0.488 e. The molecule has 2 aliphatic rings. The van der Waals surface area contributed by atoms with Crippen LogP contribution in [0, 0.1) is 0 Å². The first-order valence-corrected chi connectivity index (χ1v) is 11.5. The van der Waals surface area contributed by atoms with E-state index >= 15 is 0 Å². The van der Waals surface area contributed by atoms with Gasteiger partial charge in [-0.05, 0) is 81.7 Å². The predicted octanol–water partition coefficient (Wildman–Crippen LogP) is 5.08. The molecule has 0 aromatic heterocycles. The van der Waals surface area contributed by atoms with Crippen molar-refractivity contribution in [3.63, 3.8) is 0 Å². The van der Waals surface area contributed by atoms with E-state index in [1.54, 1.807) is 30.3 Å². The number of benzene rings is 3. The van der Waals surface area contributed by atoms with Gasteiger partial charge in [0.2, 0.25) is 6.79 Å². The fourth-order valence-electron chi connectivity index (χ4n) is 3.56. The summed E-state index contributed by atoms with van der Waals surface area (Å²) in [6.07, 6.45) is 1.42. The number of imide groups is 2. The second-order valence-electron chi connectivity index (χ2n) is 7.60. The molecule has 0 saturated carbocycles. The molecule has 0 bridgehead atoms. The van der Waals surface area contributed by atoms with Gasteiger partial charge >= 0.3 is 6.03 Å². The van der Waals surface area contributed by atoms with Gasteiger partial charge in [0.15, 0.2) is 11.5 Å². The second kappa shape index (κ2) is 9.44. The lowest BCUT2D eigenvalue weighted by atomic mass is 10.1. The molecule has 8 nitrogen and oxygen atoms in total. The maximum atomic E-state index is 13.0. The van der Waals surface area contributed by atoms with Gasteiger partial charge < -0.3 is 14.2 Å². The number of hydrogen-bond donors (Lipinski definition) is 1. The number of nitrogens with one attached hydrogen (secondary N) is 1. The number of amides is 4. The van der Waals surface area contributed by atoms with E-state index in [-0.39, 0.29) is 12.4 Å². The average Bonchev–Trinajstić information content (AvgIpc) is 3.30. The van der Waals surface area contributed by atoms with Crippen LogP contribution in [0.5, 0.6) is 17.2 Å². The van der Waals surface area contributed by atoms with Crippen LogP contribution in [-0.4, -0.2) is 24.6 Å². The van der Waals surface area contributed by atoms with E-state index in [1.807, 2.05) is 18.2 Å². The number of rotatable bonds is 5. The summed E-state index contributed by atoms with van der Waals surface area (Å²) in [4.78, 5) is 38.6. The third-order valence-corrected chi connectivity index (χ3v) is 6.16. The molecule has 1 fully saturated rings. The molecule has 2 aliphatic heterocycles. The van der Waals surface area contributed by atoms with E-state index in [1.165, 1.54) is 18.2 Å². The maximum Gasteiger partial charge on any atom is 0.335 e. The molecule has 3 aromatic carbocycles. The SMILES string of the molecule is O=C1NC(=O)N(c2ccc(Cl)cc2)C(=O)/C1=C/c1ccc(OCc2ccc3c(c2)OCO3)c(Br)c1. The van der Waals surface area contributed by atoms with Crippen LogP contribution in [0.2, 0.25) is 5.02 Å². The maximum absolute atomic E-state index is 13.0. The fraction of sp³-hybridized carbons (Fsp3) is 0.0800. The van der Waals surface area contributed by atoms with Gasteiger partial charge in [0.05, 0.1) is 10.2 Å². The quantitative estimate of drug-likeness (QED) is 0.349. The number of anilines is 1. The monoisotopic (exact) mass is 554 g/mol. The van der Waals surface area contributed by atoms with Crippen LogP contribution in [0.3, 0.4) is 0 Å². The van der Waals surface area contributed by atoms with Crippen LogP contribution in [0.1, 0.15) is 11.1 Å². The highest BCUT2D eigenvalue weighted by atomic mass is 79.9. The molecule has 1 saturated heterocycles. The highest BCUT2D eigenvalue weighted by Crippen LogP contribution is 2.34. The molecule has 10 heteroatoms. The molecular weight excluding hydrogens is 540 g/mol. The molecular formula is C25H16BrClN2O6. The zero-order valence-electron chi connectivity index (χ0n) is 17.9. The van der Waals surface area contributed by atoms with Gasteiger partial charge in [-0.15, -0.1) is 0 Å². The molecule has 2 heterocycles. The third kappa shape index (κ3) is 4.73. The lowest BCUT2D eigenvalue weighted by molar-refractivity contribution is -0.122. The highest BCUT2D eigenvalue weighted by molar-refractivity contribution is 9.10. The lowest BCUT2D eigenvalue weighted by Crippen LogP contribution is -2.54. The molecule has 3 aromatic rings. The number of ether oxygens (including phenoxy) is 3. The van der Waals surface area contributed by atoms with Crippen LogP contribution >= 0.6 is 27.5 Å². The van der Waals surface area contributed by atoms with Gasteiger partial charge in [-0.25, -0.2) is 9.69 Å². The number of fused-ring (bicyclic) bond motifs is 1. The fourth-order valence-corrected chi connectivity index (χ4v) is 4.20. The van der Waals surface area contributed by atoms with Gasteiger partial charge in [0.25, 0.3) is 11.8 Å². The van der Waals surface area contributed by atoms with E-state index < -0.39 is 17.8 Å². The molecule has 5 rings (SSSR count). The molecule has 35 heavy (non-hydrogen) atoms. The summed E-state index contributed by atoms with van der Waals surface area (Å²) in [5.41, 5.74) is 1.59. The van der Waals surface area contributed by atoms with E-state index in [0.717, 1.165) is 10.5 Å². The molecule has 176 valence electrons. The minimum atomic E-state index is -0.826. The molecule has 0 radical (unpaired) electrons. The van der Waals surface area contributed by atoms with E-state index in [9.17, 15) is 14.4 Å². The lowest BCUT2D eigenvalue weighted by Gasteiger charge is -2.26. The van der Waals surface area contributed by atoms with Crippen molar-refractivity contribution in [2.75, 3.05) is 11.7 Å². The summed E-state index contributed by atoms with van der Waals surface area (Å²) in [7, 11) is 0. The predicted molar refractivity (Wildman–Crippen MR) is 131 cm³/mol. The first-order chi connectivity index (χ1) is 16.9. The number of halogens is 2. The van der Waals surface area contributed by atoms with Crippen LogP contribution in [-0.2, 0) is 16.2 Å². The zero-order chi connectivity index (χ0) is 24.5. The Balaban J connectivity index is 1.34. The Bertz CT molecular complexity index is 1390. The van der Waals surface area contributed by atoms with Crippen molar-refractivity contribution in [3.05, 3.63) is 86.9 Å². The van der Waals surface area contributed by atoms with Crippen molar-refractivity contribution in [2.45, 2.75) is 6.61 Å². The number of barbiturate groups is 1. The van der Waals surface area contributed by atoms with Gasteiger partial charge in [-0.1, -0.05) is 23.7 Å². The number of hydrogen-bond acceptors (Lipinski definition) is 6. The molecule has 0 atom stereocenters. The zero-order valence-corrected chi connectivity index (χ0v) is 20.3. The van der Waals surface area contributed by atoms with E-state index in [4.69, 9.17) is 25.8 Å². The van der Waals surface area contributed by atoms with Gasteiger partial charge in [0.1, 0.15) is 17.9 Å². The first-order valence-electron chi connectivity index (χ1n) is 10.4. The summed E-state index contributed by atoms with van der Waals surface area (Å²) in [5, 5.41) is 2.65. The van der Waals surface area contributed by atoms with Crippen LogP contribution in [0.15, 0.2) is 70.7 Å². The van der Waals surface area contributed by atoms with Crippen LogP contribution in [0.25, 0.3) is 6.08 Å². The van der Waals surface area contributed by atoms with E-state index in [0.29, 0.717) is 44.6 Å². The molecule has 4 amide bonds. The summed E-state index contributed by atoms with van der Waals surface area (Å²) in [6, 6.07) is 16.0. The third-order valence-electron chi connectivity index (χ3n) is 5.28. The topological polar surface area (TPSA) is 94.2 Å². The first kappa shape index (κ1) is 22.9. The van der Waals surface area contributed by atoms with Gasteiger partial charge in [-0.2, -0.15) is 0 Å². The Morgan fingerprint density at radius 2 is 1.77 bits per heavy atom. The van der Waals surface area contributed by atoms with Crippen molar-refractivity contribution in [2.24, 2.45) is 0 Å². The minimum absolute atomic E-state index is 0.180. The van der Waals surface area contributed by atoms with Crippen LogP contribution in [0.4, 0.5) is 10.5 Å². The van der Waals surface area contributed by atoms with Gasteiger partial charge in [0, 0.05) is 5.02 Å². The molecule has 0 spiro atoms. The Kier molecular flexibility index (Phi) is 6.19. The molecule has 1 N–H and O–H groups in total. The van der Waals surface area contributed by atoms with Crippen molar-refractivity contribution < 1.29 is 28.6 Å².